The standard InChI is InChI=1S/C23H42O8.C22H38O7.C18H30O5/c1-10-16-23(7,28)19(25)13(3)17(24)12(2)11-22(6,27)20(30-9)14(4)18(29-8)15(5)21(26)31-16;1-11-9-22(10-28-22)20(24)13(3)17(23)12(2)16(6)29-21(25)15(5)19(27-8)14(4)18(11)26-7;1-7-15-18(5,21)9-8-14(19)11(2)10-12(3)16(22-6)13(4)17(20)23-15/h12-16,18-20,25,27-28H,10-11H2,1-9H3;11-19,23H,9-10H2,1-8H3;8-9,11-13,15-16,21H,7,10H2,1-6H3/b;;9-8+/t12-,13+,14+,15-,16-,18+,19-,20-,22-,23-;11-,12-,13+,14+,15+,16+,17-,18-,19-,22+;11-,12+,13-,15-,16+,18+/m101/s1. The molecule has 4 rings (SSSR count). The van der Waals surface area contributed by atoms with Gasteiger partial charge in [-0.05, 0) is 105 Å². The fourth-order valence-corrected chi connectivity index (χ4v) is 13.4. The molecule has 0 saturated carbocycles. The van der Waals surface area contributed by atoms with E-state index >= 15 is 0 Å². The summed E-state index contributed by atoms with van der Waals surface area (Å²) >= 11 is 0. The molecule has 0 amide bonds. The molecule has 20 heteroatoms. The Hall–Kier alpha value is -3.28. The molecule has 20 nitrogen and oxygen atoms in total. The van der Waals surface area contributed by atoms with Crippen molar-refractivity contribution in [2.24, 2.45) is 71.0 Å². The van der Waals surface area contributed by atoms with E-state index in [0.717, 1.165) is 0 Å². The van der Waals surface area contributed by atoms with Crippen molar-refractivity contribution in [3.8, 4) is 0 Å². The number of hydrogen-bond acceptors (Lipinski definition) is 20. The van der Waals surface area contributed by atoms with Gasteiger partial charge in [0.1, 0.15) is 35.3 Å². The minimum atomic E-state index is -1.84. The molecule has 4 heterocycles. The highest BCUT2D eigenvalue weighted by Gasteiger charge is 2.57. The van der Waals surface area contributed by atoms with Crippen molar-refractivity contribution in [1.29, 1.82) is 0 Å². The summed E-state index contributed by atoms with van der Waals surface area (Å²) in [4.78, 5) is 76.6. The Labute approximate surface area is 496 Å². The van der Waals surface area contributed by atoms with Crippen LogP contribution in [0.5, 0.6) is 0 Å². The van der Waals surface area contributed by atoms with E-state index in [2.05, 4.69) is 0 Å². The fraction of sp³-hybridized carbons (Fsp3) is 0.873. The SMILES string of the molecule is CC[C@H]1OC(=O)[C@H](C)[C@@H](OC)[C@@H](C)C[C@@H](C)C(=O)/C=C/[C@]1(C)O.CC[C@H]1OC(=O)[C@H](C)[C@@H](OC)[C@H](C)[C@@H](OC)[C@](C)(O)C[C@@H](C)C(=O)[C@H](C)[C@@H](O)[C@]1(C)O.CO[C@@H]1[C@@H](C)[C@H](OC)[C@@H](C)C(=O)O[C@H](C)[C@H](C)[C@H](O)[C@@H](C)C(=O)[C@]2(CO2)C[C@@H]1C. The Bertz CT molecular complexity index is 2120. The van der Waals surface area contributed by atoms with E-state index in [1.54, 1.807) is 90.6 Å². The van der Waals surface area contributed by atoms with Gasteiger partial charge in [0.05, 0.1) is 72.7 Å². The number of aliphatic hydroxyl groups excluding tert-OH is 2. The molecule has 0 aromatic rings. The number of hydrogen-bond donors (Lipinski definition) is 5. The van der Waals surface area contributed by atoms with Crippen molar-refractivity contribution in [3.63, 3.8) is 0 Å². The van der Waals surface area contributed by atoms with Crippen LogP contribution in [0.2, 0.25) is 0 Å². The van der Waals surface area contributed by atoms with Crippen LogP contribution in [-0.4, -0.2) is 186 Å². The maximum atomic E-state index is 13.2. The highest BCUT2D eigenvalue weighted by atomic mass is 16.6. The maximum absolute atomic E-state index is 13.2. The van der Waals surface area contributed by atoms with Gasteiger partial charge in [-0.3, -0.25) is 28.8 Å². The molecule has 5 N–H and O–H groups in total. The maximum Gasteiger partial charge on any atom is 0.311 e. The number of epoxide rings is 1. The van der Waals surface area contributed by atoms with Crippen LogP contribution < -0.4 is 0 Å². The largest absolute Gasteiger partial charge is 0.462 e. The molecule has 4 aliphatic heterocycles. The van der Waals surface area contributed by atoms with E-state index in [4.69, 9.17) is 42.6 Å². The first kappa shape index (κ1) is 75.8. The number of Topliss-reactive ketones (excluding diaryl/α,β-unsaturated/α-hetero) is 2. The van der Waals surface area contributed by atoms with E-state index in [1.807, 2.05) is 41.5 Å². The van der Waals surface area contributed by atoms with Crippen LogP contribution in [0.25, 0.3) is 0 Å². The monoisotopic (exact) mass is 1190 g/mol. The van der Waals surface area contributed by atoms with Gasteiger partial charge in [0.25, 0.3) is 0 Å². The molecule has 3 saturated heterocycles. The van der Waals surface area contributed by atoms with Crippen LogP contribution in [0.4, 0.5) is 0 Å². The summed E-state index contributed by atoms with van der Waals surface area (Å²) < 4.78 is 50.6. The Balaban J connectivity index is 0.000000430. The van der Waals surface area contributed by atoms with Crippen molar-refractivity contribution >= 4 is 35.3 Å². The van der Waals surface area contributed by atoms with Crippen LogP contribution in [0, 0.1) is 71.0 Å². The first-order chi connectivity index (χ1) is 38.3. The average molecular weight is 1190 g/mol. The van der Waals surface area contributed by atoms with Gasteiger partial charge >= 0.3 is 17.9 Å². The van der Waals surface area contributed by atoms with E-state index in [9.17, 15) is 54.3 Å². The first-order valence-corrected chi connectivity index (χ1v) is 30.0. The Morgan fingerprint density at radius 3 is 1.46 bits per heavy atom. The highest BCUT2D eigenvalue weighted by molar-refractivity contribution is 5.92. The summed E-state index contributed by atoms with van der Waals surface area (Å²) in [7, 11) is 7.72. The lowest BCUT2D eigenvalue weighted by Crippen LogP contribution is -2.57. The van der Waals surface area contributed by atoms with Gasteiger partial charge in [-0.1, -0.05) is 76.2 Å². The predicted molar refractivity (Wildman–Crippen MR) is 310 cm³/mol. The molecule has 1 spiro atoms. The summed E-state index contributed by atoms with van der Waals surface area (Å²) in [6.45, 7) is 31.8. The number of carbonyl (C=O) groups excluding carboxylic acids is 6. The summed E-state index contributed by atoms with van der Waals surface area (Å²) in [5.74, 6) is -6.74. The number of allylic oxidation sites excluding steroid dienone is 1. The second-order valence-electron chi connectivity index (χ2n) is 25.7. The van der Waals surface area contributed by atoms with Crippen molar-refractivity contribution in [3.05, 3.63) is 12.2 Å². The zero-order chi connectivity index (χ0) is 64.2. The zero-order valence-corrected chi connectivity index (χ0v) is 54.5. The molecule has 0 aromatic heterocycles. The van der Waals surface area contributed by atoms with Crippen LogP contribution in [0.1, 0.15) is 157 Å². The average Bonchev–Trinajstić information content (AvgIpc) is 4.08. The van der Waals surface area contributed by atoms with Crippen molar-refractivity contribution in [2.75, 3.05) is 42.2 Å². The molecule has 0 aliphatic carbocycles. The molecule has 0 aromatic carbocycles. The van der Waals surface area contributed by atoms with Gasteiger partial charge in [0, 0.05) is 77.0 Å². The smallest absolute Gasteiger partial charge is 0.311 e. The van der Waals surface area contributed by atoms with Crippen LogP contribution >= 0.6 is 0 Å². The fourth-order valence-electron chi connectivity index (χ4n) is 13.4. The van der Waals surface area contributed by atoms with Crippen molar-refractivity contribution in [2.45, 2.75) is 240 Å². The molecule has 83 heavy (non-hydrogen) atoms. The van der Waals surface area contributed by atoms with Gasteiger partial charge in [-0.15, -0.1) is 0 Å². The van der Waals surface area contributed by atoms with Crippen LogP contribution in [0.3, 0.4) is 0 Å². The lowest BCUT2D eigenvalue weighted by Gasteiger charge is -2.43. The molecule has 482 valence electrons. The lowest BCUT2D eigenvalue weighted by molar-refractivity contribution is -0.198. The molecule has 4 aliphatic rings. The van der Waals surface area contributed by atoms with Gasteiger partial charge in [0.15, 0.2) is 17.2 Å². The van der Waals surface area contributed by atoms with Gasteiger partial charge in [0.2, 0.25) is 0 Å². The number of carbonyl (C=O) groups is 6. The summed E-state index contributed by atoms with van der Waals surface area (Å²) in [6.07, 6.45) is -2.25. The Morgan fingerprint density at radius 2 is 1.00 bits per heavy atom. The predicted octanol–water partition coefficient (Wildman–Crippen LogP) is 6.46. The van der Waals surface area contributed by atoms with E-state index < -0.39 is 125 Å². The van der Waals surface area contributed by atoms with Crippen LogP contribution in [0.15, 0.2) is 12.2 Å². The van der Waals surface area contributed by atoms with Gasteiger partial charge in [-0.2, -0.15) is 0 Å². The van der Waals surface area contributed by atoms with Gasteiger partial charge < -0.3 is 68.2 Å². The molecule has 26 atom stereocenters. The topological polar surface area (TPSA) is 290 Å². The first-order valence-electron chi connectivity index (χ1n) is 30.0. The summed E-state index contributed by atoms with van der Waals surface area (Å²) in [5, 5.41) is 54.5. The molecular formula is C63H110O20. The van der Waals surface area contributed by atoms with E-state index in [1.165, 1.54) is 40.2 Å². The number of aliphatic hydroxyl groups is 5. The summed E-state index contributed by atoms with van der Waals surface area (Å²) in [5.41, 5.74) is -5.50. The van der Waals surface area contributed by atoms with Gasteiger partial charge in [-0.25, -0.2) is 0 Å². The number of rotatable bonds is 7. The number of ketones is 3. The second-order valence-corrected chi connectivity index (χ2v) is 25.7. The minimum Gasteiger partial charge on any atom is -0.462 e. The number of cyclic esters (lactones) is 3. The third-order valence-electron chi connectivity index (χ3n) is 18.9. The molecule has 0 radical (unpaired) electrons. The Kier molecular flexibility index (Phi) is 29.3. The zero-order valence-electron chi connectivity index (χ0n) is 54.5. The van der Waals surface area contributed by atoms with Crippen molar-refractivity contribution in [1.82, 2.24) is 0 Å². The summed E-state index contributed by atoms with van der Waals surface area (Å²) in [6, 6.07) is 0. The normalized spacial score (nSPS) is 45.4. The Morgan fingerprint density at radius 1 is 0.542 bits per heavy atom. The van der Waals surface area contributed by atoms with Crippen LogP contribution in [-0.2, 0) is 71.4 Å². The lowest BCUT2D eigenvalue weighted by atomic mass is 9.74. The third-order valence-corrected chi connectivity index (χ3v) is 18.9. The molecule has 0 bridgehead atoms. The minimum absolute atomic E-state index is 0.00838. The number of methoxy groups -OCH3 is 5. The highest BCUT2D eigenvalue weighted by Crippen LogP contribution is 2.43. The van der Waals surface area contributed by atoms with E-state index in [0.29, 0.717) is 25.9 Å². The molecule has 3 fully saturated rings. The van der Waals surface area contributed by atoms with Crippen molar-refractivity contribution < 1.29 is 96.9 Å². The molecule has 0 unspecified atom stereocenters. The second kappa shape index (κ2) is 32.1. The quantitative estimate of drug-likeness (QED) is 0.104. The number of esters is 3. The third kappa shape index (κ3) is 18.6. The molecular weight excluding hydrogens is 1080 g/mol. The van der Waals surface area contributed by atoms with E-state index in [-0.39, 0.29) is 78.0 Å². The number of ether oxygens (including phenoxy) is 9.